The third-order valence-electron chi connectivity index (χ3n) is 5.88. The van der Waals surface area contributed by atoms with Gasteiger partial charge >= 0.3 is 6.09 Å². The second kappa shape index (κ2) is 8.78. The van der Waals surface area contributed by atoms with Crippen LogP contribution in [0, 0.1) is 0 Å². The Hall–Kier alpha value is -2.34. The van der Waals surface area contributed by atoms with E-state index >= 15 is 0 Å². The Morgan fingerprint density at radius 1 is 1.18 bits per heavy atom. The number of benzene rings is 1. The molecule has 2 aliphatic rings. The van der Waals surface area contributed by atoms with Gasteiger partial charge in [0, 0.05) is 44.0 Å². The lowest BCUT2D eigenvalue weighted by Crippen LogP contribution is -2.32. The van der Waals surface area contributed by atoms with Gasteiger partial charge in [0.25, 0.3) is 0 Å². The topological polar surface area (TPSA) is 59.4 Å². The molecule has 1 aliphatic carbocycles. The van der Waals surface area contributed by atoms with Crippen molar-refractivity contribution in [2.24, 2.45) is 7.05 Å². The second-order valence-corrected chi connectivity index (χ2v) is 7.91. The van der Waals surface area contributed by atoms with Gasteiger partial charge in [-0.1, -0.05) is 43.5 Å². The van der Waals surface area contributed by atoms with Gasteiger partial charge < -0.3 is 15.0 Å². The van der Waals surface area contributed by atoms with Gasteiger partial charge in [0.2, 0.25) is 0 Å². The number of aryl methyl sites for hydroxylation is 1. The lowest BCUT2D eigenvalue weighted by Gasteiger charge is -2.22. The summed E-state index contributed by atoms with van der Waals surface area (Å²) in [5.41, 5.74) is 4.85. The number of aromatic nitrogens is 2. The maximum absolute atomic E-state index is 11.5. The van der Waals surface area contributed by atoms with Gasteiger partial charge in [0.1, 0.15) is 6.61 Å². The van der Waals surface area contributed by atoms with Gasteiger partial charge in [-0.25, -0.2) is 4.79 Å². The van der Waals surface area contributed by atoms with Crippen molar-refractivity contribution in [2.75, 3.05) is 26.2 Å². The summed E-state index contributed by atoms with van der Waals surface area (Å²) in [6.45, 7) is 3.33. The molecule has 1 saturated heterocycles. The van der Waals surface area contributed by atoms with Crippen molar-refractivity contribution in [1.82, 2.24) is 20.0 Å². The molecule has 1 saturated carbocycles. The van der Waals surface area contributed by atoms with E-state index in [-0.39, 0.29) is 6.09 Å². The molecule has 1 aromatic heterocycles. The van der Waals surface area contributed by atoms with Crippen LogP contribution in [0.25, 0.3) is 11.3 Å². The molecule has 4 rings (SSSR count). The standard InChI is InChI=1S/C22H30N4O2/c1-25-16-20(15-23-11-12-26-13-14-28-22(26)27)21(24-25)19-9-7-18(8-10-19)17-5-3-2-4-6-17/h7-10,16-17,23H,2-6,11-15H2,1H3. The maximum atomic E-state index is 11.5. The third kappa shape index (κ3) is 4.38. The lowest BCUT2D eigenvalue weighted by atomic mass is 9.84. The molecule has 0 radical (unpaired) electrons. The van der Waals surface area contributed by atoms with Gasteiger partial charge in [-0.05, 0) is 24.3 Å². The summed E-state index contributed by atoms with van der Waals surface area (Å²) in [7, 11) is 1.96. The van der Waals surface area contributed by atoms with Crippen molar-refractivity contribution in [3.63, 3.8) is 0 Å². The number of nitrogens with zero attached hydrogens (tertiary/aromatic N) is 3. The summed E-state index contributed by atoms with van der Waals surface area (Å²) >= 11 is 0. The summed E-state index contributed by atoms with van der Waals surface area (Å²) in [5.74, 6) is 0.727. The highest BCUT2D eigenvalue weighted by molar-refractivity contribution is 5.69. The van der Waals surface area contributed by atoms with Gasteiger partial charge in [-0.2, -0.15) is 5.10 Å². The normalized spacial score (nSPS) is 17.9. The Labute approximate surface area is 166 Å². The zero-order chi connectivity index (χ0) is 19.3. The van der Waals surface area contributed by atoms with E-state index < -0.39 is 0 Å². The van der Waals surface area contributed by atoms with Crippen LogP contribution in [0.3, 0.4) is 0 Å². The molecule has 150 valence electrons. The van der Waals surface area contributed by atoms with Crippen molar-refractivity contribution in [3.8, 4) is 11.3 Å². The Morgan fingerprint density at radius 2 is 1.96 bits per heavy atom. The average molecular weight is 383 g/mol. The molecule has 28 heavy (non-hydrogen) atoms. The van der Waals surface area contributed by atoms with E-state index in [9.17, 15) is 4.79 Å². The molecule has 2 heterocycles. The smallest absolute Gasteiger partial charge is 0.409 e. The van der Waals surface area contributed by atoms with Crippen LogP contribution in [-0.4, -0.2) is 47.0 Å². The van der Waals surface area contributed by atoms with Crippen LogP contribution in [0.4, 0.5) is 4.79 Å². The Balaban J connectivity index is 1.37. The molecule has 0 atom stereocenters. The Kier molecular flexibility index (Phi) is 5.95. The van der Waals surface area contributed by atoms with Crippen LogP contribution in [0.15, 0.2) is 30.5 Å². The van der Waals surface area contributed by atoms with Crippen LogP contribution in [0.5, 0.6) is 0 Å². The minimum Gasteiger partial charge on any atom is -0.448 e. The molecular formula is C22H30N4O2. The van der Waals surface area contributed by atoms with Gasteiger partial charge in [-0.15, -0.1) is 0 Å². The lowest BCUT2D eigenvalue weighted by molar-refractivity contribution is 0.158. The van der Waals surface area contributed by atoms with Crippen LogP contribution >= 0.6 is 0 Å². The van der Waals surface area contributed by atoms with Crippen LogP contribution < -0.4 is 5.32 Å². The zero-order valence-corrected chi connectivity index (χ0v) is 16.7. The van der Waals surface area contributed by atoms with Gasteiger partial charge in [-0.3, -0.25) is 4.68 Å². The molecule has 1 amide bonds. The highest BCUT2D eigenvalue weighted by Crippen LogP contribution is 2.33. The van der Waals surface area contributed by atoms with Crippen LogP contribution in [-0.2, 0) is 18.3 Å². The summed E-state index contributed by atoms with van der Waals surface area (Å²) in [6.07, 6.45) is 8.61. The number of amides is 1. The number of hydrogen-bond donors (Lipinski definition) is 1. The quantitative estimate of drug-likeness (QED) is 0.742. The SMILES string of the molecule is Cn1cc(CNCCN2CCOC2=O)c(-c2ccc(C3CCCCC3)cc2)n1. The number of carbonyl (C=O) groups is 1. The van der Waals surface area contributed by atoms with Crippen molar-refractivity contribution in [2.45, 2.75) is 44.6 Å². The highest BCUT2D eigenvalue weighted by Gasteiger charge is 2.21. The molecule has 1 aliphatic heterocycles. The molecule has 0 bridgehead atoms. The number of hydrogen-bond acceptors (Lipinski definition) is 4. The van der Waals surface area contributed by atoms with Crippen LogP contribution in [0.2, 0.25) is 0 Å². The van der Waals surface area contributed by atoms with E-state index in [1.807, 2.05) is 11.7 Å². The number of carbonyl (C=O) groups excluding carboxylic acids is 1. The predicted octanol–water partition coefficient (Wildman–Crippen LogP) is 3.68. The fourth-order valence-electron chi connectivity index (χ4n) is 4.32. The van der Waals surface area contributed by atoms with Crippen molar-refractivity contribution in [1.29, 1.82) is 0 Å². The first kappa shape index (κ1) is 19.0. The van der Waals surface area contributed by atoms with Crippen molar-refractivity contribution < 1.29 is 9.53 Å². The van der Waals surface area contributed by atoms with Gasteiger partial charge in [0.05, 0.1) is 12.2 Å². The zero-order valence-electron chi connectivity index (χ0n) is 16.7. The summed E-state index contributed by atoms with van der Waals surface area (Å²) in [5, 5.41) is 8.12. The number of rotatable bonds is 7. The van der Waals surface area contributed by atoms with E-state index in [1.54, 1.807) is 4.90 Å². The second-order valence-electron chi connectivity index (χ2n) is 7.91. The first-order valence-corrected chi connectivity index (χ1v) is 10.5. The molecule has 0 unspecified atom stereocenters. The van der Waals surface area contributed by atoms with Crippen LogP contribution in [0.1, 0.15) is 49.1 Å². The molecule has 6 heteroatoms. The van der Waals surface area contributed by atoms with Crippen molar-refractivity contribution in [3.05, 3.63) is 41.6 Å². The van der Waals surface area contributed by atoms with E-state index in [2.05, 4.69) is 40.9 Å². The molecule has 6 nitrogen and oxygen atoms in total. The molecule has 1 N–H and O–H groups in total. The number of ether oxygens (including phenoxy) is 1. The maximum Gasteiger partial charge on any atom is 0.409 e. The van der Waals surface area contributed by atoms with E-state index in [0.29, 0.717) is 19.7 Å². The van der Waals surface area contributed by atoms with Gasteiger partial charge in [0.15, 0.2) is 0 Å². The van der Waals surface area contributed by atoms with Crippen molar-refractivity contribution >= 4 is 6.09 Å². The number of cyclic esters (lactones) is 1. The summed E-state index contributed by atoms with van der Waals surface area (Å²) < 4.78 is 6.83. The molecule has 1 aromatic carbocycles. The first-order chi connectivity index (χ1) is 13.7. The average Bonchev–Trinajstić information content (AvgIpc) is 3.31. The molecule has 2 fully saturated rings. The van der Waals surface area contributed by atoms with E-state index in [1.165, 1.54) is 48.8 Å². The molecule has 0 spiro atoms. The molecule has 2 aromatic rings. The Morgan fingerprint density at radius 3 is 2.68 bits per heavy atom. The fourth-order valence-corrected chi connectivity index (χ4v) is 4.32. The first-order valence-electron chi connectivity index (χ1n) is 10.5. The molecular weight excluding hydrogens is 352 g/mol. The minimum atomic E-state index is -0.207. The largest absolute Gasteiger partial charge is 0.448 e. The van der Waals surface area contributed by atoms with E-state index in [4.69, 9.17) is 4.74 Å². The summed E-state index contributed by atoms with van der Waals surface area (Å²) in [4.78, 5) is 13.2. The third-order valence-corrected chi connectivity index (χ3v) is 5.88. The summed E-state index contributed by atoms with van der Waals surface area (Å²) in [6, 6.07) is 9.01. The highest BCUT2D eigenvalue weighted by atomic mass is 16.6. The van der Waals surface area contributed by atoms with E-state index in [0.717, 1.165) is 24.7 Å². The predicted molar refractivity (Wildman–Crippen MR) is 109 cm³/mol. The number of nitrogens with one attached hydrogen (secondary N) is 1. The fraction of sp³-hybridized carbons (Fsp3) is 0.545. The monoisotopic (exact) mass is 382 g/mol. The minimum absolute atomic E-state index is 0.207. The Bertz CT molecular complexity index is 793.